The summed E-state index contributed by atoms with van der Waals surface area (Å²) in [4.78, 5) is 11.8. The zero-order chi connectivity index (χ0) is 19.5. The van der Waals surface area contributed by atoms with Crippen molar-refractivity contribution in [2.24, 2.45) is 0 Å². The Hall–Kier alpha value is -1.65. The van der Waals surface area contributed by atoms with Crippen LogP contribution in [0.1, 0.15) is 30.9 Å². The van der Waals surface area contributed by atoms with Gasteiger partial charge in [0.25, 0.3) is 10.1 Å². The molecule has 0 unspecified atom stereocenters. The lowest BCUT2D eigenvalue weighted by molar-refractivity contribution is -0.136. The summed E-state index contributed by atoms with van der Waals surface area (Å²) in [5, 5.41) is 0. The van der Waals surface area contributed by atoms with Gasteiger partial charge in [-0.25, -0.2) is 4.79 Å². The van der Waals surface area contributed by atoms with Crippen LogP contribution in [0.4, 0.5) is 0 Å². The molecule has 0 spiro atoms. The lowest BCUT2D eigenvalue weighted by Gasteiger charge is -2.16. The van der Waals surface area contributed by atoms with E-state index in [0.29, 0.717) is 22.6 Å². The van der Waals surface area contributed by atoms with Crippen molar-refractivity contribution in [1.82, 2.24) is 0 Å². The molecular formula is C18H19IO6S. The highest BCUT2D eigenvalue weighted by atomic mass is 127. The number of halogens is 1. The minimum absolute atomic E-state index is 0.154. The highest BCUT2D eigenvalue weighted by Gasteiger charge is 2.20. The van der Waals surface area contributed by atoms with Gasteiger partial charge in [-0.05, 0) is 83.0 Å². The molecule has 2 aromatic rings. The molecule has 2 aromatic carbocycles. The SMILES string of the molecule is Cc1cc(S(=O)(=O)O)c(C(C)C)cc1OCC(=O)Oc1ccc(I)cc1. The minimum Gasteiger partial charge on any atom is -0.482 e. The van der Waals surface area contributed by atoms with Gasteiger partial charge in [0.1, 0.15) is 11.5 Å². The van der Waals surface area contributed by atoms with Crippen LogP contribution in [-0.2, 0) is 14.9 Å². The molecule has 0 aliphatic rings. The Morgan fingerprint density at radius 2 is 1.81 bits per heavy atom. The molecular weight excluding hydrogens is 471 g/mol. The monoisotopic (exact) mass is 490 g/mol. The van der Waals surface area contributed by atoms with E-state index >= 15 is 0 Å². The van der Waals surface area contributed by atoms with Crippen molar-refractivity contribution < 1.29 is 27.2 Å². The first-order valence-electron chi connectivity index (χ1n) is 7.79. The normalized spacial score (nSPS) is 11.5. The van der Waals surface area contributed by atoms with Crippen LogP contribution >= 0.6 is 22.6 Å². The van der Waals surface area contributed by atoms with E-state index in [2.05, 4.69) is 22.6 Å². The van der Waals surface area contributed by atoms with Crippen molar-refractivity contribution in [2.45, 2.75) is 31.6 Å². The summed E-state index contributed by atoms with van der Waals surface area (Å²) in [6.07, 6.45) is 0. The van der Waals surface area contributed by atoms with Gasteiger partial charge in [-0.15, -0.1) is 0 Å². The molecule has 0 aliphatic heterocycles. The fraction of sp³-hybridized carbons (Fsp3) is 0.278. The first kappa shape index (κ1) is 20.7. The molecule has 0 bridgehead atoms. The van der Waals surface area contributed by atoms with Crippen LogP contribution in [0.15, 0.2) is 41.3 Å². The lowest BCUT2D eigenvalue weighted by atomic mass is 10.0. The maximum absolute atomic E-state index is 11.9. The Morgan fingerprint density at radius 1 is 1.19 bits per heavy atom. The molecule has 0 saturated carbocycles. The van der Waals surface area contributed by atoms with E-state index in [4.69, 9.17) is 9.47 Å². The molecule has 1 N–H and O–H groups in total. The van der Waals surface area contributed by atoms with Crippen LogP contribution < -0.4 is 9.47 Å². The second kappa shape index (κ2) is 8.36. The number of hydrogen-bond acceptors (Lipinski definition) is 5. The van der Waals surface area contributed by atoms with Crippen molar-refractivity contribution in [3.05, 3.63) is 51.1 Å². The predicted molar refractivity (Wildman–Crippen MR) is 105 cm³/mol. The van der Waals surface area contributed by atoms with Gasteiger partial charge < -0.3 is 9.47 Å². The van der Waals surface area contributed by atoms with Crippen molar-refractivity contribution in [3.63, 3.8) is 0 Å². The predicted octanol–water partition coefficient (Wildman–Crippen LogP) is 3.95. The first-order chi connectivity index (χ1) is 12.1. The summed E-state index contributed by atoms with van der Waals surface area (Å²) in [5.41, 5.74) is 0.906. The number of aryl methyl sites for hydroxylation is 1. The Kier molecular flexibility index (Phi) is 6.64. The summed E-state index contributed by atoms with van der Waals surface area (Å²) in [5.74, 6) is 0.0465. The first-order valence-corrected chi connectivity index (χ1v) is 10.3. The van der Waals surface area contributed by atoms with Crippen LogP contribution in [0.3, 0.4) is 0 Å². The summed E-state index contributed by atoms with van der Waals surface area (Å²) in [6, 6.07) is 9.87. The highest BCUT2D eigenvalue weighted by Crippen LogP contribution is 2.31. The highest BCUT2D eigenvalue weighted by molar-refractivity contribution is 14.1. The van der Waals surface area contributed by atoms with E-state index in [0.717, 1.165) is 3.57 Å². The van der Waals surface area contributed by atoms with Crippen molar-refractivity contribution in [1.29, 1.82) is 0 Å². The number of ether oxygens (including phenoxy) is 2. The van der Waals surface area contributed by atoms with E-state index < -0.39 is 16.1 Å². The zero-order valence-electron chi connectivity index (χ0n) is 14.5. The van der Waals surface area contributed by atoms with Gasteiger partial charge in [-0.2, -0.15) is 8.42 Å². The maximum Gasteiger partial charge on any atom is 0.349 e. The third-order valence-corrected chi connectivity index (χ3v) is 5.23. The molecule has 0 atom stereocenters. The molecule has 0 radical (unpaired) electrons. The molecule has 0 saturated heterocycles. The number of hydrogen-bond donors (Lipinski definition) is 1. The smallest absolute Gasteiger partial charge is 0.349 e. The second-order valence-corrected chi connectivity index (χ2v) is 8.64. The van der Waals surface area contributed by atoms with Gasteiger partial charge in [0.15, 0.2) is 6.61 Å². The van der Waals surface area contributed by atoms with Crippen LogP contribution in [-0.4, -0.2) is 25.5 Å². The van der Waals surface area contributed by atoms with Gasteiger partial charge in [-0.3, -0.25) is 4.55 Å². The summed E-state index contributed by atoms with van der Waals surface area (Å²) in [6.45, 7) is 4.91. The third-order valence-electron chi connectivity index (χ3n) is 3.60. The third kappa shape index (κ3) is 5.42. The van der Waals surface area contributed by atoms with Gasteiger partial charge >= 0.3 is 5.97 Å². The Morgan fingerprint density at radius 3 is 2.35 bits per heavy atom. The molecule has 0 amide bonds. The molecule has 26 heavy (non-hydrogen) atoms. The fourth-order valence-corrected chi connectivity index (χ4v) is 3.59. The number of esters is 1. The van der Waals surface area contributed by atoms with Crippen LogP contribution in [0.25, 0.3) is 0 Å². The fourth-order valence-electron chi connectivity index (χ4n) is 2.31. The Balaban J connectivity index is 2.15. The quantitative estimate of drug-likeness (QED) is 0.286. The minimum atomic E-state index is -4.34. The van der Waals surface area contributed by atoms with Gasteiger partial charge in [0.05, 0.1) is 4.90 Å². The standard InChI is InChI=1S/C18H19IO6S/c1-11(2)15-9-16(12(3)8-17(15)26(21,22)23)24-10-18(20)25-14-6-4-13(19)5-7-14/h4-9,11H,10H2,1-3H3,(H,21,22,23). The number of carbonyl (C=O) groups is 1. The summed E-state index contributed by atoms with van der Waals surface area (Å²) >= 11 is 2.15. The van der Waals surface area contributed by atoms with Crippen molar-refractivity contribution in [3.8, 4) is 11.5 Å². The Bertz CT molecular complexity index is 904. The molecule has 0 aliphatic carbocycles. The molecule has 0 aromatic heterocycles. The van der Waals surface area contributed by atoms with E-state index in [1.54, 1.807) is 32.9 Å². The number of benzene rings is 2. The Labute approximate surface area is 166 Å². The van der Waals surface area contributed by atoms with Crippen LogP contribution in [0.2, 0.25) is 0 Å². The van der Waals surface area contributed by atoms with E-state index in [-0.39, 0.29) is 17.4 Å². The molecule has 140 valence electrons. The van der Waals surface area contributed by atoms with Crippen molar-refractivity contribution in [2.75, 3.05) is 6.61 Å². The van der Waals surface area contributed by atoms with Gasteiger partial charge in [-0.1, -0.05) is 13.8 Å². The van der Waals surface area contributed by atoms with E-state index in [1.807, 2.05) is 12.1 Å². The van der Waals surface area contributed by atoms with E-state index in [9.17, 15) is 17.8 Å². The average molecular weight is 490 g/mol. The zero-order valence-corrected chi connectivity index (χ0v) is 17.5. The largest absolute Gasteiger partial charge is 0.482 e. The number of carbonyl (C=O) groups excluding carboxylic acids is 1. The van der Waals surface area contributed by atoms with Crippen LogP contribution in [0, 0.1) is 10.5 Å². The number of rotatable bonds is 6. The molecule has 0 heterocycles. The summed E-state index contributed by atoms with van der Waals surface area (Å²) < 4.78 is 44.2. The summed E-state index contributed by atoms with van der Waals surface area (Å²) in [7, 11) is -4.34. The molecule has 8 heteroatoms. The molecule has 0 fully saturated rings. The van der Waals surface area contributed by atoms with Gasteiger partial charge in [0, 0.05) is 3.57 Å². The average Bonchev–Trinajstić information content (AvgIpc) is 2.54. The maximum atomic E-state index is 11.9. The van der Waals surface area contributed by atoms with E-state index in [1.165, 1.54) is 12.1 Å². The topological polar surface area (TPSA) is 89.9 Å². The molecule has 2 rings (SSSR count). The molecule has 6 nitrogen and oxygen atoms in total. The van der Waals surface area contributed by atoms with Gasteiger partial charge in [0.2, 0.25) is 0 Å². The lowest BCUT2D eigenvalue weighted by Crippen LogP contribution is -2.18. The van der Waals surface area contributed by atoms with Crippen molar-refractivity contribution >= 4 is 38.7 Å². The second-order valence-electron chi connectivity index (χ2n) is 6.00. The van der Waals surface area contributed by atoms with Crippen LogP contribution in [0.5, 0.6) is 11.5 Å².